The van der Waals surface area contributed by atoms with Crippen molar-refractivity contribution in [3.8, 4) is 5.75 Å². The predicted molar refractivity (Wildman–Crippen MR) is 93.7 cm³/mol. The van der Waals surface area contributed by atoms with Gasteiger partial charge in [-0.2, -0.15) is 0 Å². The first-order valence-corrected chi connectivity index (χ1v) is 8.45. The van der Waals surface area contributed by atoms with Crippen LogP contribution in [-0.2, 0) is 16.1 Å². The Morgan fingerprint density at radius 1 is 1.04 bits per heavy atom. The second kappa shape index (κ2) is 6.59. The number of anilines is 1. The monoisotopic (exact) mass is 351 g/mol. The zero-order valence-corrected chi connectivity index (χ0v) is 14.4. The summed E-state index contributed by atoms with van der Waals surface area (Å²) in [6.07, 6.45) is -0.502. The van der Waals surface area contributed by atoms with Crippen LogP contribution in [0.3, 0.4) is 0 Å². The fraction of sp³-hybridized carbons (Fsp3) is 0.263. The van der Waals surface area contributed by atoms with Crippen LogP contribution in [0.2, 0.25) is 0 Å². The largest absolute Gasteiger partial charge is 0.502 e. The van der Waals surface area contributed by atoms with Crippen LogP contribution in [0.5, 0.6) is 5.75 Å². The summed E-state index contributed by atoms with van der Waals surface area (Å²) in [5.74, 6) is -0.319. The molecular formula is C19H19N4O3+. The highest BCUT2D eigenvalue weighted by molar-refractivity contribution is 6.31. The molecule has 2 aromatic rings. The van der Waals surface area contributed by atoms with Crippen molar-refractivity contribution in [1.82, 2.24) is 4.90 Å². The summed E-state index contributed by atoms with van der Waals surface area (Å²) in [4.78, 5) is 28.5. The topological polar surface area (TPSA) is 65.2 Å². The lowest BCUT2D eigenvalue weighted by Gasteiger charge is -2.27. The second-order valence-electron chi connectivity index (χ2n) is 6.20. The first-order chi connectivity index (χ1) is 12.7. The van der Waals surface area contributed by atoms with E-state index >= 15 is 0 Å². The fourth-order valence-corrected chi connectivity index (χ4v) is 3.26. The minimum Gasteiger partial charge on any atom is -0.497 e. The Morgan fingerprint density at radius 2 is 1.73 bits per heavy atom. The molecule has 0 spiro atoms. The van der Waals surface area contributed by atoms with Gasteiger partial charge in [-0.05, 0) is 29.0 Å². The molecule has 0 aliphatic carbocycles. The maximum absolute atomic E-state index is 12.5. The van der Waals surface area contributed by atoms with Gasteiger partial charge in [0.15, 0.2) is 0 Å². The van der Waals surface area contributed by atoms with Gasteiger partial charge in [0, 0.05) is 29.5 Å². The predicted octanol–water partition coefficient (Wildman–Crippen LogP) is 1.83. The van der Waals surface area contributed by atoms with E-state index in [9.17, 15) is 9.59 Å². The Hall–Kier alpha value is -3.22. The Labute approximate surface area is 151 Å². The molecule has 7 heteroatoms. The molecule has 0 saturated carbocycles. The third-order valence-corrected chi connectivity index (χ3v) is 4.64. The molecule has 1 unspecified atom stereocenters. The van der Waals surface area contributed by atoms with Crippen LogP contribution in [0.15, 0.2) is 59.7 Å². The maximum atomic E-state index is 12.5. The van der Waals surface area contributed by atoms with Gasteiger partial charge in [-0.25, -0.2) is 4.79 Å². The van der Waals surface area contributed by atoms with Crippen molar-refractivity contribution in [3.05, 3.63) is 60.2 Å². The molecule has 2 aromatic carbocycles. The lowest BCUT2D eigenvalue weighted by atomic mass is 10.2. The SMILES string of the molecule is COc1ccc(N2CCN3C(=O)C(=O)[N+](Cc4ccccc4)=NC32)cc1. The third kappa shape index (κ3) is 2.81. The molecule has 2 aliphatic heterocycles. The van der Waals surface area contributed by atoms with Gasteiger partial charge in [0.05, 0.1) is 7.11 Å². The van der Waals surface area contributed by atoms with Crippen molar-refractivity contribution in [3.63, 3.8) is 0 Å². The molecule has 0 N–H and O–H groups in total. The number of hydrogen-bond donors (Lipinski definition) is 0. The van der Waals surface area contributed by atoms with Crippen molar-refractivity contribution >= 4 is 17.5 Å². The number of methoxy groups -OCH3 is 1. The smallest absolute Gasteiger partial charge is 0.497 e. The fourth-order valence-electron chi connectivity index (χ4n) is 3.26. The molecule has 132 valence electrons. The van der Waals surface area contributed by atoms with E-state index in [-0.39, 0.29) is 6.54 Å². The highest BCUT2D eigenvalue weighted by Crippen LogP contribution is 2.28. The Kier molecular flexibility index (Phi) is 4.12. The second-order valence-corrected chi connectivity index (χ2v) is 6.20. The summed E-state index contributed by atoms with van der Waals surface area (Å²) < 4.78 is 6.47. The van der Waals surface area contributed by atoms with Crippen molar-refractivity contribution in [2.75, 3.05) is 25.1 Å². The van der Waals surface area contributed by atoms with E-state index in [0.29, 0.717) is 13.1 Å². The summed E-state index contributed by atoms with van der Waals surface area (Å²) in [5.41, 5.74) is 1.86. The van der Waals surface area contributed by atoms with E-state index in [4.69, 9.17) is 4.74 Å². The van der Waals surface area contributed by atoms with E-state index in [1.54, 1.807) is 7.11 Å². The first kappa shape index (κ1) is 16.3. The van der Waals surface area contributed by atoms with Crippen molar-refractivity contribution < 1.29 is 19.0 Å². The van der Waals surface area contributed by atoms with Gasteiger partial charge >= 0.3 is 11.8 Å². The molecule has 2 aliphatic rings. The molecule has 0 aromatic heterocycles. The number of amides is 2. The Morgan fingerprint density at radius 3 is 2.42 bits per heavy atom. The Balaban J connectivity index is 1.64. The van der Waals surface area contributed by atoms with E-state index in [2.05, 4.69) is 5.11 Å². The van der Waals surface area contributed by atoms with Crippen molar-refractivity contribution in [1.29, 1.82) is 0 Å². The van der Waals surface area contributed by atoms with Gasteiger partial charge in [-0.1, -0.05) is 30.3 Å². The van der Waals surface area contributed by atoms with Gasteiger partial charge in [0.25, 0.3) is 6.29 Å². The van der Waals surface area contributed by atoms with Gasteiger partial charge in [0.2, 0.25) is 6.54 Å². The number of carbonyl (C=O) groups excluding carboxylic acids is 2. The standard InChI is InChI=1S/C19H19N4O3/c1-26-16-9-7-15(8-10-16)21-11-12-22-17(24)18(25)23(20-19(21)22)13-14-5-3-2-4-6-14/h2-10,19H,11-13H2,1H3/q+1. The number of hydrogen-bond acceptors (Lipinski definition) is 5. The average molecular weight is 351 g/mol. The van der Waals surface area contributed by atoms with Crippen molar-refractivity contribution in [2.24, 2.45) is 5.11 Å². The quantitative estimate of drug-likeness (QED) is 0.623. The lowest BCUT2D eigenvalue weighted by Crippen LogP contribution is -2.51. The Bertz CT molecular complexity index is 864. The summed E-state index contributed by atoms with van der Waals surface area (Å²) >= 11 is 0. The van der Waals surface area contributed by atoms with E-state index < -0.39 is 18.1 Å². The van der Waals surface area contributed by atoms with Crippen LogP contribution in [0.4, 0.5) is 5.69 Å². The van der Waals surface area contributed by atoms with Crippen LogP contribution < -0.4 is 9.64 Å². The summed E-state index contributed by atoms with van der Waals surface area (Å²) in [5, 5.41) is 4.55. The molecule has 0 radical (unpaired) electrons. The molecular weight excluding hydrogens is 332 g/mol. The highest BCUT2D eigenvalue weighted by atomic mass is 16.5. The van der Waals surface area contributed by atoms with E-state index in [1.807, 2.05) is 59.5 Å². The minimum absolute atomic E-state index is 0.284. The van der Waals surface area contributed by atoms with Crippen LogP contribution >= 0.6 is 0 Å². The number of ether oxygens (including phenoxy) is 1. The highest BCUT2D eigenvalue weighted by Gasteiger charge is 2.49. The summed E-state index contributed by atoms with van der Waals surface area (Å²) in [6, 6.07) is 17.1. The molecule has 0 bridgehead atoms. The number of carbonyl (C=O) groups is 2. The molecule has 26 heavy (non-hydrogen) atoms. The van der Waals surface area contributed by atoms with Crippen LogP contribution in [-0.4, -0.2) is 47.9 Å². The zero-order chi connectivity index (χ0) is 18.1. The van der Waals surface area contributed by atoms with Gasteiger partial charge in [0.1, 0.15) is 5.75 Å². The first-order valence-electron chi connectivity index (χ1n) is 8.45. The molecule has 1 atom stereocenters. The van der Waals surface area contributed by atoms with Crippen molar-refractivity contribution in [2.45, 2.75) is 12.8 Å². The number of rotatable bonds is 4. The maximum Gasteiger partial charge on any atom is 0.502 e. The molecule has 1 fully saturated rings. The summed E-state index contributed by atoms with van der Waals surface area (Å²) in [7, 11) is 1.62. The molecule has 4 rings (SSSR count). The van der Waals surface area contributed by atoms with Crippen LogP contribution in [0.1, 0.15) is 5.56 Å². The zero-order valence-electron chi connectivity index (χ0n) is 14.4. The molecule has 2 heterocycles. The van der Waals surface area contributed by atoms with Crippen LogP contribution in [0, 0.1) is 0 Å². The van der Waals surface area contributed by atoms with Crippen LogP contribution in [0.25, 0.3) is 0 Å². The number of azo groups is 2. The minimum atomic E-state index is -0.582. The average Bonchev–Trinajstić information content (AvgIpc) is 3.10. The number of fused-ring (bicyclic) bond motifs is 1. The number of nitrogens with zero attached hydrogens (tertiary/aromatic N) is 4. The summed E-state index contributed by atoms with van der Waals surface area (Å²) in [6.45, 7) is 1.38. The van der Waals surface area contributed by atoms with E-state index in [1.165, 1.54) is 9.60 Å². The normalized spacial score (nSPS) is 19.4. The molecule has 2 amide bonds. The third-order valence-electron chi connectivity index (χ3n) is 4.64. The number of benzene rings is 2. The van der Waals surface area contributed by atoms with E-state index in [0.717, 1.165) is 17.0 Å². The lowest BCUT2D eigenvalue weighted by molar-refractivity contribution is -0.534. The van der Waals surface area contributed by atoms with Gasteiger partial charge < -0.3 is 9.64 Å². The molecule has 1 saturated heterocycles. The van der Waals surface area contributed by atoms with Gasteiger partial charge in [-0.3, -0.25) is 9.69 Å². The van der Waals surface area contributed by atoms with Gasteiger partial charge in [-0.15, -0.1) is 0 Å². The molecule has 7 nitrogen and oxygen atoms in total.